The first-order valence-electron chi connectivity index (χ1n) is 9.13. The monoisotopic (exact) mass is 333 g/mol. The molecule has 4 rings (SSSR count). The molecule has 2 saturated carbocycles. The molecule has 0 spiro atoms. The summed E-state index contributed by atoms with van der Waals surface area (Å²) in [5.74, 6) is 2.77. The first-order chi connectivity index (χ1) is 11.5. The molecule has 2 aliphatic carbocycles. The Bertz CT molecular complexity index is 608. The van der Waals surface area contributed by atoms with Crippen LogP contribution in [0, 0.1) is 24.7 Å². The van der Waals surface area contributed by atoms with E-state index < -0.39 is 0 Å². The number of piperazine rings is 1. The van der Waals surface area contributed by atoms with E-state index in [0.717, 1.165) is 32.6 Å². The summed E-state index contributed by atoms with van der Waals surface area (Å²) >= 11 is 0. The van der Waals surface area contributed by atoms with Gasteiger partial charge in [0.1, 0.15) is 0 Å². The van der Waals surface area contributed by atoms with Gasteiger partial charge in [0.2, 0.25) is 11.8 Å². The van der Waals surface area contributed by atoms with Gasteiger partial charge in [0.15, 0.2) is 5.82 Å². The third-order valence-corrected chi connectivity index (χ3v) is 6.34. The highest BCUT2D eigenvalue weighted by molar-refractivity contribution is 5.80. The lowest BCUT2D eigenvalue weighted by Gasteiger charge is -2.39. The highest BCUT2D eigenvalue weighted by Gasteiger charge is 2.50. The predicted molar refractivity (Wildman–Crippen MR) is 87.9 cm³/mol. The number of carbonyl (C=O) groups excluding carboxylic acids is 1. The van der Waals surface area contributed by atoms with Gasteiger partial charge in [0.25, 0.3) is 0 Å². The molecule has 1 aromatic heterocycles. The van der Waals surface area contributed by atoms with Gasteiger partial charge in [-0.25, -0.2) is 0 Å². The standard InChI is InChI=1S/C17H27N5O2/c1-10(16-19-11(2)20-24-16)21-5-7-22(8-6-21)17(23)14-12-3-4-13(9-12)15(14)18/h10,12-15H,3-9,18H2,1-2H3. The molecule has 3 fully saturated rings. The number of hydrogen-bond donors (Lipinski definition) is 1. The molecule has 1 amide bonds. The van der Waals surface area contributed by atoms with Crippen LogP contribution in [0.3, 0.4) is 0 Å². The van der Waals surface area contributed by atoms with Gasteiger partial charge in [-0.05, 0) is 44.9 Å². The number of nitrogens with zero attached hydrogens (tertiary/aromatic N) is 4. The number of amides is 1. The Morgan fingerprint density at radius 3 is 2.54 bits per heavy atom. The zero-order valence-electron chi connectivity index (χ0n) is 14.5. The van der Waals surface area contributed by atoms with E-state index in [1.807, 2.05) is 11.8 Å². The second-order valence-corrected chi connectivity index (χ2v) is 7.65. The third-order valence-electron chi connectivity index (χ3n) is 6.34. The number of rotatable bonds is 3. The summed E-state index contributed by atoms with van der Waals surface area (Å²) in [4.78, 5) is 21.6. The lowest BCUT2D eigenvalue weighted by molar-refractivity contribution is -0.140. The first-order valence-corrected chi connectivity index (χ1v) is 9.13. The van der Waals surface area contributed by atoms with Crippen molar-refractivity contribution >= 4 is 5.91 Å². The molecule has 24 heavy (non-hydrogen) atoms. The number of fused-ring (bicyclic) bond motifs is 2. The maximum Gasteiger partial charge on any atom is 0.243 e. The molecule has 5 unspecified atom stereocenters. The summed E-state index contributed by atoms with van der Waals surface area (Å²) in [6, 6.07) is 0.169. The highest BCUT2D eigenvalue weighted by Crippen LogP contribution is 2.48. The van der Waals surface area contributed by atoms with Crippen molar-refractivity contribution in [1.82, 2.24) is 19.9 Å². The molecule has 5 atom stereocenters. The average Bonchev–Trinajstić information content (AvgIpc) is 3.30. The lowest BCUT2D eigenvalue weighted by Crippen LogP contribution is -2.54. The number of hydrogen-bond acceptors (Lipinski definition) is 6. The van der Waals surface area contributed by atoms with E-state index in [-0.39, 0.29) is 23.9 Å². The van der Waals surface area contributed by atoms with Crippen molar-refractivity contribution in [2.24, 2.45) is 23.5 Å². The fraction of sp³-hybridized carbons (Fsp3) is 0.824. The Morgan fingerprint density at radius 2 is 1.96 bits per heavy atom. The average molecular weight is 333 g/mol. The minimum absolute atomic E-state index is 0.0614. The van der Waals surface area contributed by atoms with Crippen LogP contribution in [-0.2, 0) is 4.79 Å². The topological polar surface area (TPSA) is 88.5 Å². The second kappa shape index (κ2) is 6.11. The molecule has 1 aromatic rings. The molecular formula is C17H27N5O2. The molecule has 2 heterocycles. The van der Waals surface area contributed by atoms with E-state index >= 15 is 0 Å². The first kappa shape index (κ1) is 16.0. The van der Waals surface area contributed by atoms with Crippen LogP contribution >= 0.6 is 0 Å². The lowest BCUT2D eigenvalue weighted by atomic mass is 9.84. The molecule has 0 radical (unpaired) electrons. The molecule has 2 bridgehead atoms. The molecule has 3 aliphatic rings. The summed E-state index contributed by atoms with van der Waals surface area (Å²) in [5.41, 5.74) is 6.34. The van der Waals surface area contributed by atoms with Crippen LogP contribution in [0.5, 0.6) is 0 Å². The Kier molecular flexibility index (Phi) is 4.08. The van der Waals surface area contributed by atoms with Crippen molar-refractivity contribution in [3.8, 4) is 0 Å². The van der Waals surface area contributed by atoms with E-state index in [4.69, 9.17) is 10.3 Å². The summed E-state index contributed by atoms with van der Waals surface area (Å²) in [7, 11) is 0. The van der Waals surface area contributed by atoms with Crippen LogP contribution in [-0.4, -0.2) is 58.1 Å². The third kappa shape index (κ3) is 2.63. The highest BCUT2D eigenvalue weighted by atomic mass is 16.5. The van der Waals surface area contributed by atoms with Gasteiger partial charge in [0, 0.05) is 32.2 Å². The summed E-state index contributed by atoms with van der Waals surface area (Å²) in [6.07, 6.45) is 3.55. The van der Waals surface area contributed by atoms with E-state index in [2.05, 4.69) is 22.0 Å². The summed E-state index contributed by atoms with van der Waals surface area (Å²) < 4.78 is 5.28. The second-order valence-electron chi connectivity index (χ2n) is 7.65. The fourth-order valence-corrected chi connectivity index (χ4v) is 4.88. The smallest absolute Gasteiger partial charge is 0.243 e. The molecule has 1 aliphatic heterocycles. The molecule has 0 aromatic carbocycles. The van der Waals surface area contributed by atoms with Crippen molar-refractivity contribution in [1.29, 1.82) is 0 Å². The quantitative estimate of drug-likeness (QED) is 0.886. The van der Waals surface area contributed by atoms with Crippen LogP contribution in [0.25, 0.3) is 0 Å². The maximum absolute atomic E-state index is 12.9. The van der Waals surface area contributed by atoms with Crippen LogP contribution in [0.4, 0.5) is 0 Å². The van der Waals surface area contributed by atoms with Gasteiger partial charge in [-0.15, -0.1) is 0 Å². The van der Waals surface area contributed by atoms with Gasteiger partial charge in [-0.3, -0.25) is 9.69 Å². The van der Waals surface area contributed by atoms with Gasteiger partial charge >= 0.3 is 0 Å². The number of nitrogens with two attached hydrogens (primary N) is 1. The van der Waals surface area contributed by atoms with Gasteiger partial charge in [0.05, 0.1) is 12.0 Å². The van der Waals surface area contributed by atoms with Gasteiger partial charge in [-0.1, -0.05) is 5.16 Å². The molecule has 7 heteroatoms. The summed E-state index contributed by atoms with van der Waals surface area (Å²) in [5, 5.41) is 3.87. The van der Waals surface area contributed by atoms with E-state index in [1.54, 1.807) is 0 Å². The zero-order valence-corrected chi connectivity index (χ0v) is 14.5. The Labute approximate surface area is 142 Å². The minimum Gasteiger partial charge on any atom is -0.340 e. The van der Waals surface area contributed by atoms with Crippen molar-refractivity contribution in [3.05, 3.63) is 11.7 Å². The molecule has 132 valence electrons. The van der Waals surface area contributed by atoms with Gasteiger partial charge < -0.3 is 15.2 Å². The number of aryl methyl sites for hydroxylation is 1. The number of aromatic nitrogens is 2. The summed E-state index contributed by atoms with van der Waals surface area (Å²) in [6.45, 7) is 7.10. The van der Waals surface area contributed by atoms with E-state index in [9.17, 15) is 4.79 Å². The van der Waals surface area contributed by atoms with Crippen molar-refractivity contribution in [2.45, 2.75) is 45.2 Å². The van der Waals surface area contributed by atoms with Crippen LogP contribution in [0.2, 0.25) is 0 Å². The predicted octanol–water partition coefficient (Wildman–Crippen LogP) is 0.957. The van der Waals surface area contributed by atoms with Crippen LogP contribution < -0.4 is 5.73 Å². The zero-order chi connectivity index (χ0) is 16.8. The molecule has 1 saturated heterocycles. The van der Waals surface area contributed by atoms with Crippen molar-refractivity contribution in [2.75, 3.05) is 26.2 Å². The number of carbonyl (C=O) groups is 1. The van der Waals surface area contributed by atoms with Crippen molar-refractivity contribution < 1.29 is 9.32 Å². The van der Waals surface area contributed by atoms with Gasteiger partial charge in [-0.2, -0.15) is 4.98 Å². The molecule has 7 nitrogen and oxygen atoms in total. The van der Waals surface area contributed by atoms with E-state index in [1.165, 1.54) is 12.8 Å². The normalized spacial score (nSPS) is 34.7. The SMILES string of the molecule is Cc1noc(C(C)N2CCN(C(=O)C3C4CCC(C4)C3N)CC2)n1. The van der Waals surface area contributed by atoms with Crippen LogP contribution in [0.1, 0.15) is 43.9 Å². The van der Waals surface area contributed by atoms with E-state index in [0.29, 0.717) is 23.6 Å². The Morgan fingerprint density at radius 1 is 1.25 bits per heavy atom. The fourth-order valence-electron chi connectivity index (χ4n) is 4.88. The molecular weight excluding hydrogens is 306 g/mol. The largest absolute Gasteiger partial charge is 0.340 e. The maximum atomic E-state index is 12.9. The van der Waals surface area contributed by atoms with Crippen molar-refractivity contribution in [3.63, 3.8) is 0 Å². The van der Waals surface area contributed by atoms with Crippen LogP contribution in [0.15, 0.2) is 4.52 Å². The minimum atomic E-state index is 0.0614. The Balaban J connectivity index is 1.35. The Hall–Kier alpha value is -1.47. The molecule has 2 N–H and O–H groups in total.